The number of hydrogen-bond donors (Lipinski definition) is 1. The van der Waals surface area contributed by atoms with E-state index in [1.165, 1.54) is 4.90 Å². The van der Waals surface area contributed by atoms with Gasteiger partial charge in [-0.15, -0.1) is 0 Å². The summed E-state index contributed by atoms with van der Waals surface area (Å²) in [5.74, 6) is 0.151. The van der Waals surface area contributed by atoms with Crippen molar-refractivity contribution >= 4 is 34.8 Å². The number of rotatable bonds is 2. The molecule has 2 aromatic carbocycles. The average molecular weight is 317 g/mol. The van der Waals surface area contributed by atoms with E-state index in [4.69, 9.17) is 16.3 Å². The summed E-state index contributed by atoms with van der Waals surface area (Å²) in [6.07, 6.45) is 0. The van der Waals surface area contributed by atoms with Crippen LogP contribution in [0.4, 0.5) is 11.4 Å². The number of benzene rings is 2. The summed E-state index contributed by atoms with van der Waals surface area (Å²) in [5.41, 5.74) is 1.62. The second-order valence-corrected chi connectivity index (χ2v) is 5.32. The van der Waals surface area contributed by atoms with E-state index < -0.39 is 0 Å². The lowest BCUT2D eigenvalue weighted by atomic mass is 10.1. The van der Waals surface area contributed by atoms with Gasteiger partial charge >= 0.3 is 0 Å². The number of ether oxygens (including phenoxy) is 1. The van der Waals surface area contributed by atoms with Crippen LogP contribution in [0.2, 0.25) is 5.02 Å². The molecule has 1 N–H and O–H groups in total. The van der Waals surface area contributed by atoms with Gasteiger partial charge in [0.25, 0.3) is 11.8 Å². The summed E-state index contributed by atoms with van der Waals surface area (Å²) in [4.78, 5) is 25.4. The molecular formula is C16H13ClN2O3. The number of carbonyl (C=O) groups is 2. The van der Waals surface area contributed by atoms with Gasteiger partial charge in [-0.2, -0.15) is 0 Å². The van der Waals surface area contributed by atoms with Crippen LogP contribution in [0.1, 0.15) is 10.4 Å². The van der Waals surface area contributed by atoms with Crippen LogP contribution in [0.25, 0.3) is 0 Å². The molecule has 1 heterocycles. The van der Waals surface area contributed by atoms with Crippen molar-refractivity contribution in [2.75, 3.05) is 23.9 Å². The summed E-state index contributed by atoms with van der Waals surface area (Å²) in [6, 6.07) is 11.9. The predicted molar refractivity (Wildman–Crippen MR) is 84.8 cm³/mol. The lowest BCUT2D eigenvalue weighted by molar-refractivity contribution is -0.120. The molecule has 1 aliphatic rings. The van der Waals surface area contributed by atoms with E-state index in [0.717, 1.165) is 0 Å². The van der Waals surface area contributed by atoms with E-state index >= 15 is 0 Å². The number of carbonyl (C=O) groups excluding carboxylic acids is 2. The molecule has 3 rings (SSSR count). The first kappa shape index (κ1) is 14.4. The number of fused-ring (bicyclic) bond motifs is 1. The molecule has 0 saturated carbocycles. The lowest BCUT2D eigenvalue weighted by Gasteiger charge is -2.26. The zero-order chi connectivity index (χ0) is 15.7. The fourth-order valence-corrected chi connectivity index (χ4v) is 2.37. The third-order valence-electron chi connectivity index (χ3n) is 3.39. The molecule has 22 heavy (non-hydrogen) atoms. The van der Waals surface area contributed by atoms with Gasteiger partial charge < -0.3 is 15.0 Å². The van der Waals surface area contributed by atoms with Gasteiger partial charge in [0.1, 0.15) is 5.75 Å². The molecule has 1 aliphatic heterocycles. The van der Waals surface area contributed by atoms with Gasteiger partial charge in [-0.3, -0.25) is 9.59 Å². The van der Waals surface area contributed by atoms with E-state index in [9.17, 15) is 9.59 Å². The number of nitrogens with one attached hydrogen (secondary N) is 1. The molecule has 112 valence electrons. The van der Waals surface area contributed by atoms with Gasteiger partial charge in [-0.25, -0.2) is 0 Å². The van der Waals surface area contributed by atoms with Crippen molar-refractivity contribution in [2.24, 2.45) is 0 Å². The lowest BCUT2D eigenvalue weighted by Crippen LogP contribution is -2.35. The van der Waals surface area contributed by atoms with Crippen LogP contribution >= 0.6 is 11.6 Å². The Kier molecular flexibility index (Phi) is 3.73. The number of nitrogens with zero attached hydrogens (tertiary/aromatic N) is 1. The molecule has 0 aromatic heterocycles. The van der Waals surface area contributed by atoms with Crippen molar-refractivity contribution in [1.29, 1.82) is 0 Å². The normalized spacial score (nSPS) is 13.4. The smallest absolute Gasteiger partial charge is 0.264 e. The molecule has 0 fully saturated rings. The maximum atomic E-state index is 12.3. The summed E-state index contributed by atoms with van der Waals surface area (Å²) in [5, 5.41) is 3.31. The average Bonchev–Trinajstić information content (AvgIpc) is 2.51. The zero-order valence-electron chi connectivity index (χ0n) is 11.8. The summed E-state index contributed by atoms with van der Waals surface area (Å²) in [7, 11) is 1.66. The highest BCUT2D eigenvalue weighted by atomic mass is 35.5. The van der Waals surface area contributed by atoms with E-state index in [1.807, 2.05) is 0 Å². The molecule has 0 aliphatic carbocycles. The van der Waals surface area contributed by atoms with Crippen LogP contribution in [0, 0.1) is 0 Å². The minimum atomic E-state index is -0.281. The van der Waals surface area contributed by atoms with Crippen molar-refractivity contribution in [2.45, 2.75) is 0 Å². The molecule has 2 amide bonds. The molecule has 0 atom stereocenters. The van der Waals surface area contributed by atoms with E-state index in [1.54, 1.807) is 49.5 Å². The van der Waals surface area contributed by atoms with Crippen molar-refractivity contribution in [1.82, 2.24) is 0 Å². The first-order chi connectivity index (χ1) is 10.5. The Morgan fingerprint density at radius 3 is 2.86 bits per heavy atom. The topological polar surface area (TPSA) is 58.6 Å². The zero-order valence-corrected chi connectivity index (χ0v) is 12.6. The molecule has 6 heteroatoms. The molecule has 0 spiro atoms. The number of amides is 2. The second-order valence-electron chi connectivity index (χ2n) is 4.89. The van der Waals surface area contributed by atoms with Crippen LogP contribution < -0.4 is 15.0 Å². The molecule has 0 saturated heterocycles. The van der Waals surface area contributed by atoms with Crippen molar-refractivity contribution in [3.63, 3.8) is 0 Å². The molecule has 0 radical (unpaired) electrons. The van der Waals surface area contributed by atoms with Crippen LogP contribution in [0.5, 0.6) is 5.75 Å². The Hall–Kier alpha value is -2.53. The Bertz CT molecular complexity index is 761. The molecular weight excluding hydrogens is 304 g/mol. The minimum absolute atomic E-state index is 0.0115. The Morgan fingerprint density at radius 1 is 1.27 bits per heavy atom. The Labute approximate surface area is 132 Å². The van der Waals surface area contributed by atoms with Gasteiger partial charge in [0.2, 0.25) is 0 Å². The van der Waals surface area contributed by atoms with Gasteiger partial charge in [0.05, 0.1) is 5.69 Å². The van der Waals surface area contributed by atoms with Crippen LogP contribution in [0.3, 0.4) is 0 Å². The van der Waals surface area contributed by atoms with Crippen molar-refractivity contribution in [3.8, 4) is 5.75 Å². The highest BCUT2D eigenvalue weighted by Crippen LogP contribution is 2.32. The maximum absolute atomic E-state index is 12.3. The highest BCUT2D eigenvalue weighted by Gasteiger charge is 2.23. The van der Waals surface area contributed by atoms with E-state index in [-0.39, 0.29) is 18.4 Å². The molecule has 0 unspecified atom stereocenters. The van der Waals surface area contributed by atoms with Crippen LogP contribution in [0.15, 0.2) is 42.5 Å². The third kappa shape index (κ3) is 2.76. The monoisotopic (exact) mass is 316 g/mol. The number of halogens is 1. The van der Waals surface area contributed by atoms with Crippen LogP contribution in [-0.4, -0.2) is 25.5 Å². The van der Waals surface area contributed by atoms with Gasteiger partial charge in [0.15, 0.2) is 6.61 Å². The quantitative estimate of drug-likeness (QED) is 0.926. The second kappa shape index (κ2) is 5.69. The summed E-state index contributed by atoms with van der Waals surface area (Å²) in [6.45, 7) is 0.0115. The maximum Gasteiger partial charge on any atom is 0.264 e. The highest BCUT2D eigenvalue weighted by molar-refractivity contribution is 6.31. The fourth-order valence-electron chi connectivity index (χ4n) is 2.18. The van der Waals surface area contributed by atoms with Crippen molar-refractivity contribution < 1.29 is 14.3 Å². The molecule has 5 nitrogen and oxygen atoms in total. The first-order valence-electron chi connectivity index (χ1n) is 6.65. The largest absolute Gasteiger partial charge is 0.482 e. The van der Waals surface area contributed by atoms with Gasteiger partial charge in [-0.1, -0.05) is 17.7 Å². The van der Waals surface area contributed by atoms with E-state index in [2.05, 4.69) is 5.32 Å². The summed E-state index contributed by atoms with van der Waals surface area (Å²) >= 11 is 5.89. The first-order valence-corrected chi connectivity index (χ1v) is 7.03. The third-order valence-corrected chi connectivity index (χ3v) is 3.63. The standard InChI is InChI=1S/C16H13ClN2O3/c1-19-13-7-10(5-6-14(13)22-9-15(19)20)16(21)18-12-4-2-3-11(17)8-12/h2-8H,9H2,1H3,(H,18,21). The number of likely N-dealkylation sites (N-methyl/N-ethyl adjacent to an activating group) is 1. The van der Waals surface area contributed by atoms with Crippen LogP contribution in [-0.2, 0) is 4.79 Å². The Balaban J connectivity index is 1.86. The summed E-state index contributed by atoms with van der Waals surface area (Å²) < 4.78 is 5.33. The number of hydrogen-bond acceptors (Lipinski definition) is 3. The predicted octanol–water partition coefficient (Wildman–Crippen LogP) is 2.95. The van der Waals surface area contributed by atoms with Gasteiger partial charge in [-0.05, 0) is 36.4 Å². The molecule has 0 bridgehead atoms. The SMILES string of the molecule is CN1C(=O)COc2ccc(C(=O)Nc3cccc(Cl)c3)cc21. The van der Waals surface area contributed by atoms with E-state index in [0.29, 0.717) is 27.7 Å². The Morgan fingerprint density at radius 2 is 2.09 bits per heavy atom. The minimum Gasteiger partial charge on any atom is -0.482 e. The fraction of sp³-hybridized carbons (Fsp3) is 0.125. The van der Waals surface area contributed by atoms with Gasteiger partial charge in [0, 0.05) is 23.3 Å². The molecule has 2 aromatic rings. The number of anilines is 2. The van der Waals surface area contributed by atoms with Crippen molar-refractivity contribution in [3.05, 3.63) is 53.1 Å².